The summed E-state index contributed by atoms with van der Waals surface area (Å²) in [6.45, 7) is 10.7. The first kappa shape index (κ1) is 52.8. The topological polar surface area (TPSA) is 139 Å². The van der Waals surface area contributed by atoms with Gasteiger partial charge in [0.2, 0.25) is 5.91 Å². The van der Waals surface area contributed by atoms with Crippen LogP contribution < -0.4 is 34.6 Å². The van der Waals surface area contributed by atoms with Crippen molar-refractivity contribution in [3.8, 4) is 17.2 Å². The van der Waals surface area contributed by atoms with E-state index < -0.39 is 0 Å². The largest absolute Gasteiger partial charge is 0.493 e. The number of methoxy groups -OCH3 is 1. The number of nitrogens with one attached hydrogen (secondary N) is 2. The van der Waals surface area contributed by atoms with Crippen LogP contribution in [0.25, 0.3) is 0 Å². The number of unbranched alkanes of at least 4 members (excludes halogenated alkanes) is 2. The summed E-state index contributed by atoms with van der Waals surface area (Å²) in [7, 11) is 5.13. The molecule has 0 unspecified atom stereocenters. The molecule has 0 radical (unpaired) electrons. The summed E-state index contributed by atoms with van der Waals surface area (Å²) in [6.07, 6.45) is 11.3. The van der Waals surface area contributed by atoms with E-state index in [2.05, 4.69) is 43.5 Å². The summed E-state index contributed by atoms with van der Waals surface area (Å²) in [5, 5.41) is 6.50. The van der Waals surface area contributed by atoms with Gasteiger partial charge in [-0.25, -0.2) is 0 Å². The molecule has 4 aliphatic heterocycles. The zero-order chi connectivity index (χ0) is 51.8. The fourth-order valence-electron chi connectivity index (χ4n) is 10.5. The highest BCUT2D eigenvalue weighted by atomic mass is 33.1. The molecule has 0 aliphatic carbocycles. The van der Waals surface area contributed by atoms with Crippen molar-refractivity contribution in [3.63, 3.8) is 0 Å². The van der Waals surface area contributed by atoms with Crippen LogP contribution in [0.3, 0.4) is 0 Å². The fourth-order valence-corrected chi connectivity index (χ4v) is 13.1. The number of Topliss-reactive ketones (excluding diaryl/α,β-unsaturated/α-hetero) is 1. The lowest BCUT2D eigenvalue weighted by molar-refractivity contribution is -0.119. The average Bonchev–Trinajstić information content (AvgIpc) is 3.89. The number of aryl methyl sites for hydroxylation is 2. The number of anilines is 3. The highest BCUT2D eigenvalue weighted by molar-refractivity contribution is 8.77. The molecule has 3 amide bonds. The Hall–Kier alpha value is -6.09. The molecule has 4 heterocycles. The Labute approximate surface area is 444 Å². The molecule has 388 valence electrons. The minimum atomic E-state index is -0.160. The predicted molar refractivity (Wildman–Crippen MR) is 300 cm³/mol. The van der Waals surface area contributed by atoms with Crippen LogP contribution in [0.4, 0.5) is 22.7 Å². The van der Waals surface area contributed by atoms with Crippen molar-refractivity contribution in [1.29, 1.82) is 0 Å². The Bertz CT molecular complexity index is 2920. The number of ether oxygens (including phenoxy) is 3. The lowest BCUT2D eigenvalue weighted by Crippen LogP contribution is -2.37. The average molecular weight is 1040 g/mol. The Morgan fingerprint density at radius 1 is 0.757 bits per heavy atom. The molecular weight excluding hydrogens is 967 g/mol. The number of carbonyl (C=O) groups excluding carboxylic acids is 4. The van der Waals surface area contributed by atoms with Crippen LogP contribution in [0.5, 0.6) is 17.2 Å². The smallest absolute Gasteiger partial charge is 0.261 e. The summed E-state index contributed by atoms with van der Waals surface area (Å²) in [4.78, 5) is 63.0. The first-order valence-corrected chi connectivity index (χ1v) is 28.6. The lowest BCUT2D eigenvalue weighted by atomic mass is 9.99. The number of para-hydroxylation sites is 2. The molecule has 14 heteroatoms. The van der Waals surface area contributed by atoms with Crippen LogP contribution in [0.2, 0.25) is 0 Å². The third kappa shape index (κ3) is 12.5. The Balaban J connectivity index is 0.870. The van der Waals surface area contributed by atoms with Crippen molar-refractivity contribution in [2.24, 2.45) is 4.99 Å². The number of hydrogen-bond donors (Lipinski definition) is 2. The molecule has 2 atom stereocenters. The van der Waals surface area contributed by atoms with E-state index in [-0.39, 0.29) is 47.8 Å². The monoisotopic (exact) mass is 1040 g/mol. The number of fused-ring (bicyclic) bond motifs is 8. The van der Waals surface area contributed by atoms with Gasteiger partial charge in [0.25, 0.3) is 11.8 Å². The van der Waals surface area contributed by atoms with Crippen LogP contribution in [-0.4, -0.2) is 72.5 Å². The summed E-state index contributed by atoms with van der Waals surface area (Å²) >= 11 is 0. The van der Waals surface area contributed by atoms with Gasteiger partial charge in [-0.3, -0.25) is 29.1 Å². The third-order valence-electron chi connectivity index (χ3n) is 14.4. The van der Waals surface area contributed by atoms with Crippen LogP contribution in [0.15, 0.2) is 96.0 Å². The van der Waals surface area contributed by atoms with Crippen LogP contribution in [0, 0.1) is 6.92 Å². The van der Waals surface area contributed by atoms with Crippen molar-refractivity contribution in [3.05, 3.63) is 136 Å². The molecule has 2 N–H and O–H groups in total. The van der Waals surface area contributed by atoms with E-state index in [1.807, 2.05) is 102 Å². The zero-order valence-corrected chi connectivity index (χ0v) is 45.1. The van der Waals surface area contributed by atoms with Gasteiger partial charge >= 0.3 is 0 Å². The Kier molecular flexibility index (Phi) is 17.2. The van der Waals surface area contributed by atoms with Crippen molar-refractivity contribution in [2.75, 3.05) is 41.1 Å². The van der Waals surface area contributed by atoms with Gasteiger partial charge in [-0.15, -0.1) is 0 Å². The number of nitrogens with zero attached hydrogens (tertiary/aromatic N) is 3. The maximum atomic E-state index is 14.2. The normalized spacial score (nSPS) is 16.3. The molecular formula is C60H69N5O7S2. The molecule has 0 saturated heterocycles. The standard InChI is InChI=1S/C60H69N5O7S2/c1-6-61-25-13-7-8-17-48(66)18-14-26-73-74-60(3,4)24-23-57(67)63-45-29-40(37-71-54-35-51-50(27-39(54)2)59(69)65-47(36-62-51)32-44-16-10-12-20-53(44)65)28-41(30-45)38-72-56-33-42-21-22-46-31-43-15-9-11-19-52(43)64(46)58(68)49(42)34-55(56)70-5/h9-12,15-16,19-20,27-30,33-36,46-47,61H,6-8,13-14,17-18,21-26,31-32,37-38H2,1-5H3,(H,63,67)/t46-,47+/m1/s1. The van der Waals surface area contributed by atoms with Gasteiger partial charge in [0.05, 0.1) is 24.4 Å². The molecule has 12 nitrogen and oxygen atoms in total. The Morgan fingerprint density at radius 3 is 2.22 bits per heavy atom. The molecule has 4 aliphatic rings. The summed E-state index contributed by atoms with van der Waals surface area (Å²) in [6, 6.07) is 29.4. The number of benzene rings is 5. The molecule has 9 rings (SSSR count). The van der Waals surface area contributed by atoms with E-state index in [9.17, 15) is 19.2 Å². The molecule has 0 aromatic heterocycles. The van der Waals surface area contributed by atoms with E-state index in [0.29, 0.717) is 77.6 Å². The van der Waals surface area contributed by atoms with Crippen molar-refractivity contribution in [1.82, 2.24) is 5.32 Å². The maximum absolute atomic E-state index is 14.2. The molecule has 0 spiro atoms. The van der Waals surface area contributed by atoms with E-state index in [4.69, 9.17) is 19.2 Å². The quantitative estimate of drug-likeness (QED) is 0.0454. The second kappa shape index (κ2) is 24.1. The zero-order valence-electron chi connectivity index (χ0n) is 43.4. The van der Waals surface area contributed by atoms with Crippen molar-refractivity contribution in [2.45, 2.75) is 135 Å². The van der Waals surface area contributed by atoms with Gasteiger partial charge in [0.15, 0.2) is 11.5 Å². The van der Waals surface area contributed by atoms with Crippen LogP contribution in [-0.2, 0) is 42.1 Å². The second-order valence-corrected chi connectivity index (χ2v) is 23.6. The molecule has 5 aromatic rings. The van der Waals surface area contributed by atoms with Gasteiger partial charge in [0, 0.05) is 77.1 Å². The number of hydrogen-bond acceptors (Lipinski definition) is 11. The van der Waals surface area contributed by atoms with Gasteiger partial charge in [-0.2, -0.15) is 0 Å². The van der Waals surface area contributed by atoms with Crippen LogP contribution >= 0.6 is 21.6 Å². The third-order valence-corrected chi connectivity index (χ3v) is 17.8. The number of rotatable bonds is 24. The number of carbonyl (C=O) groups is 4. The first-order chi connectivity index (χ1) is 35.9. The molecule has 74 heavy (non-hydrogen) atoms. The Morgan fingerprint density at radius 2 is 1.46 bits per heavy atom. The summed E-state index contributed by atoms with van der Waals surface area (Å²) in [5.41, 5.74) is 9.89. The van der Waals surface area contributed by atoms with Crippen molar-refractivity contribution < 1.29 is 33.4 Å². The van der Waals surface area contributed by atoms with Gasteiger partial charge in [-0.1, -0.05) is 71.3 Å². The molecule has 0 bridgehead atoms. The highest BCUT2D eigenvalue weighted by Crippen LogP contribution is 2.43. The molecule has 5 aromatic carbocycles. The number of amides is 3. The second-order valence-electron chi connectivity index (χ2n) is 20.5. The fraction of sp³-hybridized carbons (Fsp3) is 0.417. The van der Waals surface area contributed by atoms with E-state index in [0.717, 1.165) is 103 Å². The summed E-state index contributed by atoms with van der Waals surface area (Å²) < 4.78 is 18.8. The van der Waals surface area contributed by atoms with Crippen LogP contribution in [0.1, 0.15) is 133 Å². The first-order valence-electron chi connectivity index (χ1n) is 26.3. The number of aliphatic imine (C=N–C) groups is 1. The number of ketones is 1. The lowest BCUT2D eigenvalue weighted by Gasteiger charge is -2.23. The predicted octanol–water partition coefficient (Wildman–Crippen LogP) is 12.4. The van der Waals surface area contributed by atoms with E-state index >= 15 is 0 Å². The molecule has 0 saturated carbocycles. The van der Waals surface area contributed by atoms with E-state index in [1.54, 1.807) is 28.7 Å². The minimum absolute atomic E-state index is 0.0269. The van der Waals surface area contributed by atoms with Gasteiger partial charge in [0.1, 0.15) is 24.7 Å². The van der Waals surface area contributed by atoms with Gasteiger partial charge < -0.3 is 29.7 Å². The highest BCUT2D eigenvalue weighted by Gasteiger charge is 2.38. The van der Waals surface area contributed by atoms with E-state index in [1.165, 1.54) is 5.56 Å². The van der Waals surface area contributed by atoms with Crippen molar-refractivity contribution >= 4 is 74.1 Å². The molecule has 0 fully saturated rings. The van der Waals surface area contributed by atoms with Gasteiger partial charge in [-0.05, 0) is 161 Å². The maximum Gasteiger partial charge on any atom is 0.261 e. The SMILES string of the molecule is CCNCCCCCC(=O)CCCSSC(C)(C)CCC(=O)Nc1cc(COc2cc3c(cc2C)C(=O)N2c4ccccc4C[C@H]2C=N3)cc(COc2cc3c(cc2OC)C(=O)N2c4ccccc4C[C@H]2CC3)c1. The minimum Gasteiger partial charge on any atom is -0.493 e. The summed E-state index contributed by atoms with van der Waals surface area (Å²) in [5.74, 6) is 2.63.